The maximum absolute atomic E-state index is 11.4. The first-order chi connectivity index (χ1) is 14.3. The molecule has 160 valence electrons. The molecule has 0 saturated carbocycles. The van der Waals surface area contributed by atoms with Gasteiger partial charge in [-0.05, 0) is 19.3 Å². The van der Waals surface area contributed by atoms with Gasteiger partial charge < -0.3 is 16.2 Å². The molecule has 0 fully saturated rings. The molecule has 0 aliphatic heterocycles. The summed E-state index contributed by atoms with van der Waals surface area (Å²) >= 11 is 2.58. The van der Waals surface area contributed by atoms with Gasteiger partial charge in [-0.15, -0.1) is 0 Å². The molecule has 30 heavy (non-hydrogen) atoms. The summed E-state index contributed by atoms with van der Waals surface area (Å²) in [6.07, 6.45) is 0.772. The van der Waals surface area contributed by atoms with Gasteiger partial charge in [-0.3, -0.25) is 10.1 Å². The van der Waals surface area contributed by atoms with Crippen LogP contribution in [0.4, 0.5) is 16.6 Å². The fraction of sp³-hybridized carbons (Fsp3) is 0.421. The van der Waals surface area contributed by atoms with Crippen LogP contribution in [0.15, 0.2) is 23.4 Å². The molecule has 2 heterocycles. The summed E-state index contributed by atoms with van der Waals surface area (Å²) in [5, 5.41) is 25.3. The van der Waals surface area contributed by atoms with Crippen LogP contribution in [0.3, 0.4) is 0 Å². The van der Waals surface area contributed by atoms with Gasteiger partial charge in [0.2, 0.25) is 0 Å². The fourth-order valence-electron chi connectivity index (χ4n) is 3.16. The van der Waals surface area contributed by atoms with Gasteiger partial charge in [0.1, 0.15) is 4.70 Å². The average Bonchev–Trinajstić information content (AvgIpc) is 3.05. The molecule has 11 heteroatoms. The summed E-state index contributed by atoms with van der Waals surface area (Å²) in [5.41, 5.74) is 7.67. The van der Waals surface area contributed by atoms with Gasteiger partial charge in [-0.2, -0.15) is 0 Å². The molecular weight excluding hydrogens is 424 g/mol. The van der Waals surface area contributed by atoms with Crippen molar-refractivity contribution in [2.24, 2.45) is 5.92 Å². The molecule has 0 aliphatic rings. The van der Waals surface area contributed by atoms with Crippen LogP contribution in [-0.4, -0.2) is 37.6 Å². The zero-order valence-electron chi connectivity index (χ0n) is 17.0. The van der Waals surface area contributed by atoms with Crippen molar-refractivity contribution in [2.45, 2.75) is 44.1 Å². The number of hydrogen-bond donors (Lipinski definition) is 3. The largest absolute Gasteiger partial charge is 0.394 e. The molecule has 1 atom stereocenters. The first-order valence-electron chi connectivity index (χ1n) is 9.45. The number of aliphatic hydroxyl groups is 1. The van der Waals surface area contributed by atoms with Crippen molar-refractivity contribution in [1.82, 2.24) is 15.0 Å². The Balaban J connectivity index is 1.90. The molecule has 0 saturated heterocycles. The Kier molecular flexibility index (Phi) is 7.06. The van der Waals surface area contributed by atoms with Crippen molar-refractivity contribution < 1.29 is 10.0 Å². The number of nitrogens with one attached hydrogen (secondary N) is 1. The highest BCUT2D eigenvalue weighted by Crippen LogP contribution is 2.33. The number of nitrogens with zero attached hydrogens (tertiary/aromatic N) is 4. The van der Waals surface area contributed by atoms with E-state index in [4.69, 9.17) is 5.73 Å². The molecule has 1 aromatic carbocycles. The first-order valence-corrected chi connectivity index (χ1v) is 11.3. The van der Waals surface area contributed by atoms with E-state index in [0.29, 0.717) is 44.6 Å². The van der Waals surface area contributed by atoms with Crippen molar-refractivity contribution in [3.8, 4) is 0 Å². The highest BCUT2D eigenvalue weighted by molar-refractivity contribution is 7.98. The van der Waals surface area contributed by atoms with Gasteiger partial charge in [-0.1, -0.05) is 55.1 Å². The monoisotopic (exact) mass is 448 g/mol. The second-order valence-corrected chi connectivity index (χ2v) is 9.31. The van der Waals surface area contributed by atoms with Crippen LogP contribution in [0.25, 0.3) is 10.3 Å². The van der Waals surface area contributed by atoms with Crippen LogP contribution in [0.2, 0.25) is 0 Å². The maximum Gasteiger partial charge on any atom is 0.276 e. The number of aliphatic hydroxyl groups excluding tert-OH is 1. The number of rotatable bonds is 9. The molecule has 0 radical (unpaired) electrons. The molecule has 0 amide bonds. The van der Waals surface area contributed by atoms with E-state index in [0.717, 1.165) is 11.1 Å². The second-order valence-electron chi connectivity index (χ2n) is 7.34. The molecule has 4 N–H and O–H groups in total. The number of nitrogen functional groups attached to an aromatic ring is 1. The number of benzene rings is 1. The van der Waals surface area contributed by atoms with E-state index in [9.17, 15) is 15.2 Å². The van der Waals surface area contributed by atoms with E-state index < -0.39 is 0 Å². The van der Waals surface area contributed by atoms with Gasteiger partial charge in [-0.25, -0.2) is 15.0 Å². The number of hydrogen-bond acceptors (Lipinski definition) is 10. The maximum atomic E-state index is 11.4. The lowest BCUT2D eigenvalue weighted by Gasteiger charge is -2.19. The van der Waals surface area contributed by atoms with Gasteiger partial charge in [0, 0.05) is 16.9 Å². The van der Waals surface area contributed by atoms with Crippen molar-refractivity contribution >= 4 is 50.1 Å². The molecule has 1 unspecified atom stereocenters. The van der Waals surface area contributed by atoms with E-state index in [-0.39, 0.29) is 23.3 Å². The van der Waals surface area contributed by atoms with Gasteiger partial charge in [0.15, 0.2) is 21.8 Å². The summed E-state index contributed by atoms with van der Waals surface area (Å²) in [5.74, 6) is 1.31. The fourth-order valence-corrected chi connectivity index (χ4v) is 4.71. The summed E-state index contributed by atoms with van der Waals surface area (Å²) in [7, 11) is 0. The Bertz CT molecular complexity index is 1060. The summed E-state index contributed by atoms with van der Waals surface area (Å²) in [6.45, 7) is 5.86. The average molecular weight is 449 g/mol. The quantitative estimate of drug-likeness (QED) is 0.192. The number of nitrogens with two attached hydrogens (primary N) is 1. The number of nitro groups is 1. The first kappa shape index (κ1) is 22.2. The highest BCUT2D eigenvalue weighted by Gasteiger charge is 2.20. The molecule has 0 bridgehead atoms. The Morgan fingerprint density at radius 1 is 1.33 bits per heavy atom. The lowest BCUT2D eigenvalue weighted by Crippen LogP contribution is -2.26. The second kappa shape index (κ2) is 9.54. The van der Waals surface area contributed by atoms with Gasteiger partial charge in [0.25, 0.3) is 5.69 Å². The van der Waals surface area contributed by atoms with Gasteiger partial charge in [0.05, 0.1) is 17.6 Å². The molecule has 2 aromatic heterocycles. The van der Waals surface area contributed by atoms with E-state index in [1.807, 2.05) is 0 Å². The third kappa shape index (κ3) is 5.15. The zero-order chi connectivity index (χ0) is 21.8. The number of nitro benzene ring substituents is 1. The van der Waals surface area contributed by atoms with E-state index in [2.05, 4.69) is 34.1 Å². The lowest BCUT2D eigenvalue weighted by atomic mass is 10.0. The van der Waals surface area contributed by atoms with Crippen molar-refractivity contribution in [3.05, 3.63) is 39.4 Å². The molecule has 3 aromatic rings. The summed E-state index contributed by atoms with van der Waals surface area (Å²) in [4.78, 5) is 24.4. The van der Waals surface area contributed by atoms with Crippen LogP contribution >= 0.6 is 23.1 Å². The number of thioether (sulfide) groups is 1. The zero-order valence-corrected chi connectivity index (χ0v) is 18.6. The molecule has 0 spiro atoms. The van der Waals surface area contributed by atoms with Crippen LogP contribution in [-0.2, 0) is 5.75 Å². The number of anilines is 2. The standard InChI is InChI=1S/C19H24N6O3S2/c1-10(2)7-13(8-26)21-16-15-17(22-18(20)30-15)24-19(23-16)29-9-12-6-4-5-11(3)14(12)25(27)28/h4-6,10,13,26H,7-9H2,1-3H3,(H3,20,21,22,23,24). The molecule has 9 nitrogen and oxygen atoms in total. The third-order valence-electron chi connectivity index (χ3n) is 4.43. The third-order valence-corrected chi connectivity index (χ3v) is 6.20. The number of fused-ring (bicyclic) bond motifs is 1. The Labute approximate surface area is 182 Å². The number of aryl methyl sites for hydroxylation is 1. The molecule has 0 aliphatic carbocycles. The Morgan fingerprint density at radius 3 is 2.77 bits per heavy atom. The molecule has 3 rings (SSSR count). The van der Waals surface area contributed by atoms with Crippen LogP contribution < -0.4 is 11.1 Å². The predicted octanol–water partition coefficient (Wildman–Crippen LogP) is 4.00. The minimum Gasteiger partial charge on any atom is -0.394 e. The van der Waals surface area contributed by atoms with Crippen molar-refractivity contribution in [2.75, 3.05) is 17.7 Å². The minimum absolute atomic E-state index is 0.0318. The van der Waals surface area contributed by atoms with Crippen LogP contribution in [0.1, 0.15) is 31.4 Å². The SMILES string of the molecule is Cc1cccc(CSc2nc(NC(CO)CC(C)C)c3sc(N)nc3n2)c1[N+](=O)[O-]. The van der Waals surface area contributed by atoms with Crippen LogP contribution in [0.5, 0.6) is 0 Å². The summed E-state index contributed by atoms with van der Waals surface area (Å²) in [6, 6.07) is 5.09. The smallest absolute Gasteiger partial charge is 0.276 e. The Hall–Kier alpha value is -2.50. The van der Waals surface area contributed by atoms with E-state index >= 15 is 0 Å². The number of para-hydroxylation sites is 1. The topological polar surface area (TPSA) is 140 Å². The Morgan fingerprint density at radius 2 is 2.10 bits per heavy atom. The van der Waals surface area contributed by atoms with Crippen LogP contribution in [0, 0.1) is 23.0 Å². The lowest BCUT2D eigenvalue weighted by molar-refractivity contribution is -0.386. The van der Waals surface area contributed by atoms with E-state index in [1.54, 1.807) is 25.1 Å². The normalized spacial score (nSPS) is 12.4. The van der Waals surface area contributed by atoms with Crippen molar-refractivity contribution in [1.29, 1.82) is 0 Å². The summed E-state index contributed by atoms with van der Waals surface area (Å²) < 4.78 is 0.723. The minimum atomic E-state index is -0.360. The highest BCUT2D eigenvalue weighted by atomic mass is 32.2. The van der Waals surface area contributed by atoms with E-state index in [1.165, 1.54) is 23.1 Å². The van der Waals surface area contributed by atoms with Gasteiger partial charge >= 0.3 is 0 Å². The number of aromatic nitrogens is 3. The predicted molar refractivity (Wildman–Crippen MR) is 121 cm³/mol. The van der Waals surface area contributed by atoms with Crippen molar-refractivity contribution in [3.63, 3.8) is 0 Å². The molecular formula is C19H24N6O3S2. The number of thiazole rings is 1.